The summed E-state index contributed by atoms with van der Waals surface area (Å²) in [5, 5.41) is 11.6. The molecule has 3 aromatic rings. The minimum absolute atomic E-state index is 0.380. The Hall–Kier alpha value is -3.13. The molecule has 0 radical (unpaired) electrons. The molecule has 1 heterocycles. The van der Waals surface area contributed by atoms with E-state index in [9.17, 15) is 0 Å². The molecule has 0 bridgehead atoms. The average Bonchev–Trinajstić information content (AvgIpc) is 3.07. The van der Waals surface area contributed by atoms with Gasteiger partial charge in [0.25, 0.3) is 0 Å². The minimum Gasteiger partial charge on any atom is -0.497 e. The summed E-state index contributed by atoms with van der Waals surface area (Å²) in [6, 6.07) is 13.1. The summed E-state index contributed by atoms with van der Waals surface area (Å²) in [7, 11) is 3.21. The molecular formula is C19H20N4O3S. The van der Waals surface area contributed by atoms with Gasteiger partial charge in [0.05, 0.1) is 27.0 Å². The summed E-state index contributed by atoms with van der Waals surface area (Å²) in [6.45, 7) is 2.53. The van der Waals surface area contributed by atoms with Crippen molar-refractivity contribution in [3.63, 3.8) is 0 Å². The number of methoxy groups -OCH3 is 2. The summed E-state index contributed by atoms with van der Waals surface area (Å²) in [6.07, 6.45) is 1.66. The molecule has 140 valence electrons. The van der Waals surface area contributed by atoms with Gasteiger partial charge in [0, 0.05) is 11.1 Å². The molecule has 0 atom stereocenters. The van der Waals surface area contributed by atoms with Gasteiger partial charge in [-0.1, -0.05) is 12.1 Å². The Bertz CT molecular complexity index is 1010. The van der Waals surface area contributed by atoms with Crippen LogP contribution < -0.4 is 14.2 Å². The van der Waals surface area contributed by atoms with E-state index in [4.69, 9.17) is 26.4 Å². The van der Waals surface area contributed by atoms with Crippen molar-refractivity contribution >= 4 is 18.4 Å². The second-order valence-corrected chi connectivity index (χ2v) is 5.86. The van der Waals surface area contributed by atoms with Crippen molar-refractivity contribution in [1.29, 1.82) is 0 Å². The zero-order chi connectivity index (χ0) is 19.2. The van der Waals surface area contributed by atoms with E-state index in [1.54, 1.807) is 25.1 Å². The van der Waals surface area contributed by atoms with Gasteiger partial charge < -0.3 is 14.2 Å². The number of nitrogens with one attached hydrogen (secondary N) is 1. The first-order valence-electron chi connectivity index (χ1n) is 8.33. The van der Waals surface area contributed by atoms with Gasteiger partial charge in [0.2, 0.25) is 4.77 Å². The number of ether oxygens (including phenoxy) is 3. The van der Waals surface area contributed by atoms with Gasteiger partial charge in [-0.25, -0.2) is 5.10 Å². The zero-order valence-electron chi connectivity index (χ0n) is 15.3. The molecule has 0 saturated carbocycles. The van der Waals surface area contributed by atoms with E-state index < -0.39 is 0 Å². The standard InChI is InChI=1S/C19H20N4O3S/c1-4-26-16-7-5-6-13(10-16)18-21-22-19(27)23(18)20-12-14-11-15(24-2)8-9-17(14)25-3/h5-12H,4H2,1-3H3,(H,22,27). The van der Waals surface area contributed by atoms with E-state index in [0.717, 1.165) is 16.9 Å². The van der Waals surface area contributed by atoms with Crippen molar-refractivity contribution in [3.8, 4) is 28.6 Å². The lowest BCUT2D eigenvalue weighted by Gasteiger charge is -2.07. The molecule has 0 unspecified atom stereocenters. The van der Waals surface area contributed by atoms with Crippen LogP contribution in [-0.2, 0) is 0 Å². The smallest absolute Gasteiger partial charge is 0.216 e. The predicted octanol–water partition coefficient (Wildman–Crippen LogP) is 3.91. The Labute approximate surface area is 162 Å². The average molecular weight is 384 g/mol. The molecule has 0 saturated heterocycles. The Kier molecular flexibility index (Phi) is 5.87. The number of rotatable bonds is 7. The highest BCUT2D eigenvalue weighted by atomic mass is 32.1. The van der Waals surface area contributed by atoms with Gasteiger partial charge in [-0.15, -0.1) is 0 Å². The van der Waals surface area contributed by atoms with Gasteiger partial charge >= 0.3 is 0 Å². The number of aromatic nitrogens is 3. The van der Waals surface area contributed by atoms with Crippen molar-refractivity contribution in [1.82, 2.24) is 14.9 Å². The lowest BCUT2D eigenvalue weighted by atomic mass is 10.2. The quantitative estimate of drug-likeness (QED) is 0.494. The molecule has 0 spiro atoms. The van der Waals surface area contributed by atoms with E-state index in [0.29, 0.717) is 28.7 Å². The number of hydrogen-bond acceptors (Lipinski definition) is 6. The first-order chi connectivity index (χ1) is 13.2. The Morgan fingerprint density at radius 2 is 2.00 bits per heavy atom. The zero-order valence-corrected chi connectivity index (χ0v) is 16.1. The molecule has 0 fully saturated rings. The third kappa shape index (κ3) is 4.17. The maximum absolute atomic E-state index is 5.56. The monoisotopic (exact) mass is 384 g/mol. The molecule has 3 rings (SSSR count). The maximum atomic E-state index is 5.56. The molecule has 8 heteroatoms. The first kappa shape index (κ1) is 18.7. The van der Waals surface area contributed by atoms with E-state index in [2.05, 4.69) is 15.3 Å². The first-order valence-corrected chi connectivity index (χ1v) is 8.74. The Morgan fingerprint density at radius 1 is 1.15 bits per heavy atom. The van der Waals surface area contributed by atoms with E-state index >= 15 is 0 Å². The van der Waals surface area contributed by atoms with Crippen molar-refractivity contribution in [2.24, 2.45) is 5.10 Å². The van der Waals surface area contributed by atoms with E-state index in [-0.39, 0.29) is 0 Å². The van der Waals surface area contributed by atoms with Crippen molar-refractivity contribution in [2.45, 2.75) is 6.92 Å². The van der Waals surface area contributed by atoms with Crippen LogP contribution in [0.3, 0.4) is 0 Å². The molecular weight excluding hydrogens is 364 g/mol. The van der Waals surface area contributed by atoms with Crippen molar-refractivity contribution in [3.05, 3.63) is 52.8 Å². The summed E-state index contributed by atoms with van der Waals surface area (Å²) in [4.78, 5) is 0. The fourth-order valence-corrected chi connectivity index (χ4v) is 2.72. The molecule has 0 aliphatic rings. The van der Waals surface area contributed by atoms with Crippen LogP contribution in [0.1, 0.15) is 12.5 Å². The van der Waals surface area contributed by atoms with E-state index in [1.165, 1.54) is 0 Å². The minimum atomic E-state index is 0.380. The van der Waals surface area contributed by atoms with Crippen LogP contribution in [0.15, 0.2) is 47.6 Å². The highest BCUT2D eigenvalue weighted by Gasteiger charge is 2.10. The molecule has 1 N–H and O–H groups in total. The van der Waals surface area contributed by atoms with Crippen LogP contribution in [-0.4, -0.2) is 41.9 Å². The van der Waals surface area contributed by atoms with Crippen LogP contribution in [0, 0.1) is 4.77 Å². The summed E-state index contributed by atoms with van der Waals surface area (Å²) >= 11 is 5.33. The van der Waals surface area contributed by atoms with Crippen molar-refractivity contribution < 1.29 is 14.2 Å². The highest BCUT2D eigenvalue weighted by molar-refractivity contribution is 7.71. The fourth-order valence-electron chi connectivity index (χ4n) is 2.54. The fraction of sp³-hybridized carbons (Fsp3) is 0.211. The second-order valence-electron chi connectivity index (χ2n) is 5.48. The van der Waals surface area contributed by atoms with E-state index in [1.807, 2.05) is 49.4 Å². The van der Waals surface area contributed by atoms with Crippen LogP contribution in [0.2, 0.25) is 0 Å². The highest BCUT2D eigenvalue weighted by Crippen LogP contribution is 2.24. The number of nitrogens with zero attached hydrogens (tertiary/aromatic N) is 3. The normalized spacial score (nSPS) is 10.9. The second kappa shape index (κ2) is 8.50. The SMILES string of the molecule is CCOc1cccc(-c2n[nH]c(=S)n2N=Cc2cc(OC)ccc2OC)c1. The van der Waals surface area contributed by atoms with Gasteiger partial charge in [-0.05, 0) is 49.5 Å². The number of benzene rings is 2. The lowest BCUT2D eigenvalue weighted by molar-refractivity contribution is 0.340. The molecule has 1 aromatic heterocycles. The van der Waals surface area contributed by atoms with Crippen LogP contribution in [0.25, 0.3) is 11.4 Å². The Morgan fingerprint density at radius 3 is 2.74 bits per heavy atom. The summed E-state index contributed by atoms with van der Waals surface area (Å²) in [5.41, 5.74) is 1.59. The molecule has 7 nitrogen and oxygen atoms in total. The summed E-state index contributed by atoms with van der Waals surface area (Å²) in [5.74, 6) is 2.72. The van der Waals surface area contributed by atoms with Crippen LogP contribution in [0.4, 0.5) is 0 Å². The third-order valence-corrected chi connectivity index (χ3v) is 4.07. The molecule has 0 aliphatic heterocycles. The third-order valence-electron chi connectivity index (χ3n) is 3.80. The maximum Gasteiger partial charge on any atom is 0.216 e. The lowest BCUT2D eigenvalue weighted by Crippen LogP contribution is -1.98. The van der Waals surface area contributed by atoms with Gasteiger partial charge in [-0.3, -0.25) is 0 Å². The molecule has 0 aliphatic carbocycles. The van der Waals surface area contributed by atoms with Crippen molar-refractivity contribution in [2.75, 3.05) is 20.8 Å². The molecule has 0 amide bonds. The van der Waals surface area contributed by atoms with Crippen LogP contribution >= 0.6 is 12.2 Å². The number of aromatic amines is 1. The molecule has 27 heavy (non-hydrogen) atoms. The topological polar surface area (TPSA) is 73.7 Å². The number of hydrogen-bond donors (Lipinski definition) is 1. The summed E-state index contributed by atoms with van der Waals surface area (Å²) < 4.78 is 18.1. The van der Waals surface area contributed by atoms with Gasteiger partial charge in [-0.2, -0.15) is 14.9 Å². The van der Waals surface area contributed by atoms with Gasteiger partial charge in [0.15, 0.2) is 5.82 Å². The predicted molar refractivity (Wildman–Crippen MR) is 107 cm³/mol. The van der Waals surface area contributed by atoms with Crippen LogP contribution in [0.5, 0.6) is 17.2 Å². The largest absolute Gasteiger partial charge is 0.497 e. The molecule has 2 aromatic carbocycles. The Balaban J connectivity index is 2.00. The number of H-pyrrole nitrogens is 1. The van der Waals surface area contributed by atoms with Gasteiger partial charge in [0.1, 0.15) is 17.2 Å².